The lowest BCUT2D eigenvalue weighted by molar-refractivity contribution is 0.112. The quantitative estimate of drug-likeness (QED) is 0.476. The van der Waals surface area contributed by atoms with Crippen LogP contribution in [0.5, 0.6) is 0 Å². The molecule has 0 saturated carbocycles. The highest BCUT2D eigenvalue weighted by Gasteiger charge is 2.31. The Hall–Kier alpha value is -2.87. The van der Waals surface area contributed by atoms with Crippen LogP contribution in [-0.4, -0.2) is 87.3 Å². The van der Waals surface area contributed by atoms with Crippen molar-refractivity contribution in [2.24, 2.45) is 0 Å². The summed E-state index contributed by atoms with van der Waals surface area (Å²) in [6, 6.07) is 22.0. The molecule has 0 spiro atoms. The second kappa shape index (κ2) is 11.7. The Morgan fingerprint density at radius 3 is 2.40 bits per heavy atom. The van der Waals surface area contributed by atoms with Crippen molar-refractivity contribution in [3.05, 3.63) is 83.7 Å². The first kappa shape index (κ1) is 23.9. The van der Waals surface area contributed by atoms with Gasteiger partial charge in [-0.3, -0.25) is 9.80 Å². The number of hydrogen-bond donors (Lipinski definition) is 0. The van der Waals surface area contributed by atoms with E-state index < -0.39 is 0 Å². The molecule has 7 nitrogen and oxygen atoms in total. The van der Waals surface area contributed by atoms with Crippen LogP contribution in [0.15, 0.2) is 66.7 Å². The zero-order valence-electron chi connectivity index (χ0n) is 20.8. The van der Waals surface area contributed by atoms with E-state index >= 15 is 0 Å². The van der Waals surface area contributed by atoms with Crippen molar-refractivity contribution in [3.8, 4) is 0 Å². The largest absolute Gasteiger partial charge is 0.303 e. The standard InChI is InChI=1S/C28H37N7/c1-32-17-9-15-26(32)16-19-35-28(29-30-31-35)27(25-13-6-3-7-14-25)34-22-20-33(21-23-34)18-8-12-24-10-4-2-5-11-24/h2-8,10-14,26-27H,9,15-23H2,1H3. The molecule has 35 heavy (non-hydrogen) atoms. The van der Waals surface area contributed by atoms with Crippen molar-refractivity contribution in [3.63, 3.8) is 0 Å². The SMILES string of the molecule is CN1CCCC1CCn1nnnc1C(c1ccccc1)N1CCN(CC=Cc2ccccc2)CC1. The van der Waals surface area contributed by atoms with Crippen molar-refractivity contribution in [1.29, 1.82) is 0 Å². The van der Waals surface area contributed by atoms with Gasteiger partial charge in [-0.15, -0.1) is 5.10 Å². The van der Waals surface area contributed by atoms with E-state index in [0.717, 1.165) is 51.5 Å². The highest BCUT2D eigenvalue weighted by Crippen LogP contribution is 2.28. The monoisotopic (exact) mass is 471 g/mol. The number of aryl methyl sites for hydroxylation is 1. The fraction of sp³-hybridized carbons (Fsp3) is 0.464. The topological polar surface area (TPSA) is 53.3 Å². The molecule has 1 aromatic heterocycles. The number of benzene rings is 2. The van der Waals surface area contributed by atoms with Gasteiger partial charge in [-0.2, -0.15) is 0 Å². The highest BCUT2D eigenvalue weighted by atomic mass is 15.6. The van der Waals surface area contributed by atoms with E-state index in [2.05, 4.69) is 115 Å². The molecule has 2 aliphatic heterocycles. The molecule has 3 heterocycles. The molecule has 2 fully saturated rings. The van der Waals surface area contributed by atoms with E-state index in [1.54, 1.807) is 0 Å². The second-order valence-corrected chi connectivity index (χ2v) is 9.79. The van der Waals surface area contributed by atoms with Crippen LogP contribution in [0, 0.1) is 0 Å². The smallest absolute Gasteiger partial charge is 0.173 e. The maximum absolute atomic E-state index is 4.56. The molecule has 0 bridgehead atoms. The molecular weight excluding hydrogens is 434 g/mol. The van der Waals surface area contributed by atoms with Crippen LogP contribution in [0.25, 0.3) is 6.08 Å². The van der Waals surface area contributed by atoms with E-state index in [0.29, 0.717) is 6.04 Å². The van der Waals surface area contributed by atoms with Gasteiger partial charge in [0.25, 0.3) is 0 Å². The Labute approximate surface area is 209 Å². The fourth-order valence-electron chi connectivity index (χ4n) is 5.45. The van der Waals surface area contributed by atoms with Gasteiger partial charge < -0.3 is 4.90 Å². The molecule has 0 amide bonds. The van der Waals surface area contributed by atoms with Crippen LogP contribution >= 0.6 is 0 Å². The fourth-order valence-corrected chi connectivity index (χ4v) is 5.45. The van der Waals surface area contributed by atoms with Gasteiger partial charge in [0.2, 0.25) is 0 Å². The summed E-state index contributed by atoms with van der Waals surface area (Å²) in [6.07, 6.45) is 8.16. The Morgan fingerprint density at radius 2 is 1.69 bits per heavy atom. The van der Waals surface area contributed by atoms with Gasteiger partial charge in [0.15, 0.2) is 5.82 Å². The average molecular weight is 472 g/mol. The lowest BCUT2D eigenvalue weighted by Gasteiger charge is -2.38. The number of aromatic nitrogens is 4. The molecule has 2 aliphatic rings. The van der Waals surface area contributed by atoms with Crippen molar-refractivity contribution < 1.29 is 0 Å². The van der Waals surface area contributed by atoms with Gasteiger partial charge in [-0.05, 0) is 54.4 Å². The van der Waals surface area contributed by atoms with E-state index in [1.807, 2.05) is 0 Å². The second-order valence-electron chi connectivity index (χ2n) is 9.79. The van der Waals surface area contributed by atoms with Crippen LogP contribution in [0.1, 0.15) is 42.3 Å². The highest BCUT2D eigenvalue weighted by molar-refractivity contribution is 5.48. The van der Waals surface area contributed by atoms with Gasteiger partial charge in [0, 0.05) is 45.3 Å². The van der Waals surface area contributed by atoms with E-state index in [-0.39, 0.29) is 6.04 Å². The molecule has 0 aliphatic carbocycles. The van der Waals surface area contributed by atoms with Crippen molar-refractivity contribution in [1.82, 2.24) is 34.9 Å². The average Bonchev–Trinajstić information content (AvgIpc) is 3.54. The van der Waals surface area contributed by atoms with Gasteiger partial charge in [0.1, 0.15) is 0 Å². The molecule has 0 radical (unpaired) electrons. The van der Waals surface area contributed by atoms with Gasteiger partial charge in [0.05, 0.1) is 6.04 Å². The molecule has 7 heteroatoms. The lowest BCUT2D eigenvalue weighted by Crippen LogP contribution is -2.48. The normalized spacial score (nSPS) is 21.1. The zero-order valence-corrected chi connectivity index (χ0v) is 20.8. The number of rotatable bonds is 9. The summed E-state index contributed by atoms with van der Waals surface area (Å²) in [5.74, 6) is 0.967. The summed E-state index contributed by atoms with van der Waals surface area (Å²) in [6.45, 7) is 7.11. The van der Waals surface area contributed by atoms with Crippen molar-refractivity contribution in [2.45, 2.75) is 37.9 Å². The summed E-state index contributed by atoms with van der Waals surface area (Å²) in [7, 11) is 2.24. The van der Waals surface area contributed by atoms with Gasteiger partial charge in [-0.1, -0.05) is 72.8 Å². The van der Waals surface area contributed by atoms with Crippen LogP contribution in [0.2, 0.25) is 0 Å². The minimum atomic E-state index is 0.0783. The molecule has 5 rings (SSSR count). The van der Waals surface area contributed by atoms with Gasteiger partial charge in [-0.25, -0.2) is 4.68 Å². The third-order valence-electron chi connectivity index (χ3n) is 7.51. The van der Waals surface area contributed by atoms with E-state index in [9.17, 15) is 0 Å². The van der Waals surface area contributed by atoms with Crippen molar-refractivity contribution in [2.75, 3.05) is 46.3 Å². The third-order valence-corrected chi connectivity index (χ3v) is 7.51. The number of tetrazole rings is 1. The number of nitrogens with zero attached hydrogens (tertiary/aromatic N) is 7. The number of piperazine rings is 1. The predicted molar refractivity (Wildman–Crippen MR) is 140 cm³/mol. The summed E-state index contributed by atoms with van der Waals surface area (Å²) in [5, 5.41) is 13.1. The summed E-state index contributed by atoms with van der Waals surface area (Å²) in [4.78, 5) is 7.55. The van der Waals surface area contributed by atoms with Crippen LogP contribution in [0.4, 0.5) is 0 Å². The lowest BCUT2D eigenvalue weighted by atomic mass is 10.0. The Balaban J connectivity index is 1.25. The molecule has 2 saturated heterocycles. The maximum Gasteiger partial charge on any atom is 0.173 e. The van der Waals surface area contributed by atoms with Gasteiger partial charge >= 0.3 is 0 Å². The Morgan fingerprint density at radius 1 is 0.943 bits per heavy atom. The first-order valence-corrected chi connectivity index (χ1v) is 13.0. The molecule has 184 valence electrons. The molecule has 0 N–H and O–H groups in total. The summed E-state index contributed by atoms with van der Waals surface area (Å²) < 4.78 is 2.05. The first-order valence-electron chi connectivity index (χ1n) is 13.0. The minimum Gasteiger partial charge on any atom is -0.303 e. The number of hydrogen-bond acceptors (Lipinski definition) is 6. The maximum atomic E-state index is 4.56. The summed E-state index contributed by atoms with van der Waals surface area (Å²) in [5.41, 5.74) is 2.52. The van der Waals surface area contributed by atoms with Crippen LogP contribution < -0.4 is 0 Å². The molecular formula is C28H37N7. The van der Waals surface area contributed by atoms with E-state index in [4.69, 9.17) is 0 Å². The van der Waals surface area contributed by atoms with E-state index in [1.165, 1.54) is 30.5 Å². The molecule has 2 atom stereocenters. The Kier molecular flexibility index (Phi) is 7.98. The Bertz CT molecular complexity index is 1060. The van der Waals surface area contributed by atoms with Crippen LogP contribution in [0.3, 0.4) is 0 Å². The zero-order chi connectivity index (χ0) is 23.9. The minimum absolute atomic E-state index is 0.0783. The summed E-state index contributed by atoms with van der Waals surface area (Å²) >= 11 is 0. The van der Waals surface area contributed by atoms with Crippen molar-refractivity contribution >= 4 is 6.08 Å². The number of likely N-dealkylation sites (tertiary alicyclic amines) is 1. The molecule has 3 aromatic rings. The predicted octanol–water partition coefficient (Wildman–Crippen LogP) is 3.58. The van der Waals surface area contributed by atoms with Crippen LogP contribution in [-0.2, 0) is 6.54 Å². The molecule has 2 unspecified atom stereocenters. The third kappa shape index (κ3) is 6.04. The first-order chi connectivity index (χ1) is 17.3. The molecule has 2 aromatic carbocycles.